The van der Waals surface area contributed by atoms with Crippen LogP contribution < -0.4 is 5.73 Å². The van der Waals surface area contributed by atoms with E-state index in [1.54, 1.807) is 10.9 Å². The minimum absolute atomic E-state index is 0.357. The second-order valence-corrected chi connectivity index (χ2v) is 2.61. The van der Waals surface area contributed by atoms with Crippen molar-refractivity contribution in [1.82, 2.24) is 25.0 Å². The van der Waals surface area contributed by atoms with Gasteiger partial charge < -0.3 is 5.73 Å². The smallest absolute Gasteiger partial charge is 0.164 e. The quantitative estimate of drug-likeness (QED) is 0.664. The number of H-pyrrole nitrogens is 1. The third-order valence-corrected chi connectivity index (χ3v) is 1.63. The van der Waals surface area contributed by atoms with Crippen molar-refractivity contribution in [3.05, 3.63) is 30.1 Å². The number of nitrogens with one attached hydrogen (secondary N) is 1. The number of hydrogen-bond donors (Lipinski definition) is 2. The molecule has 13 heavy (non-hydrogen) atoms. The van der Waals surface area contributed by atoms with Gasteiger partial charge in [0.1, 0.15) is 12.4 Å². The molecule has 0 aliphatic rings. The zero-order valence-corrected chi connectivity index (χ0v) is 7.01. The fourth-order valence-corrected chi connectivity index (χ4v) is 1.04. The molecule has 0 atom stereocenters. The number of hydrogen-bond acceptors (Lipinski definition) is 4. The summed E-state index contributed by atoms with van der Waals surface area (Å²) in [5, 5.41) is 10.8. The largest absolute Gasteiger partial charge is 0.324 e. The lowest BCUT2D eigenvalue weighted by Gasteiger charge is -1.94. The highest BCUT2D eigenvalue weighted by molar-refractivity contribution is 4.91. The molecule has 0 amide bonds. The molecule has 0 unspecified atom stereocenters. The number of nitrogens with two attached hydrogens (primary N) is 1. The average Bonchev–Trinajstić information content (AvgIpc) is 2.76. The highest BCUT2D eigenvalue weighted by atomic mass is 15.3. The summed E-state index contributed by atoms with van der Waals surface area (Å²) in [6, 6.07) is 1.86. The van der Waals surface area contributed by atoms with E-state index in [1.165, 1.54) is 0 Å². The van der Waals surface area contributed by atoms with Crippen molar-refractivity contribution in [2.45, 2.75) is 13.1 Å². The first-order valence-corrected chi connectivity index (χ1v) is 3.96. The molecule has 68 valence electrons. The molecule has 0 spiro atoms. The Kier molecular flexibility index (Phi) is 2.05. The van der Waals surface area contributed by atoms with Crippen LogP contribution in [-0.4, -0.2) is 25.0 Å². The van der Waals surface area contributed by atoms with Gasteiger partial charge in [-0.2, -0.15) is 10.2 Å². The Morgan fingerprint density at radius 2 is 2.46 bits per heavy atom. The summed E-state index contributed by atoms with van der Waals surface area (Å²) in [4.78, 5) is 4.15. The van der Waals surface area contributed by atoms with E-state index in [1.807, 2.05) is 12.3 Å². The van der Waals surface area contributed by atoms with Gasteiger partial charge in [-0.05, 0) is 6.07 Å². The van der Waals surface area contributed by atoms with Gasteiger partial charge in [0.25, 0.3) is 0 Å². The third-order valence-electron chi connectivity index (χ3n) is 1.63. The number of nitrogens with zero attached hydrogens (tertiary/aromatic N) is 4. The van der Waals surface area contributed by atoms with E-state index in [0.717, 1.165) is 5.82 Å². The lowest BCUT2D eigenvalue weighted by Crippen LogP contribution is -2.02. The highest BCUT2D eigenvalue weighted by Crippen LogP contribution is 1.94. The van der Waals surface area contributed by atoms with Crippen molar-refractivity contribution < 1.29 is 0 Å². The van der Waals surface area contributed by atoms with Crippen LogP contribution in [0.15, 0.2) is 18.5 Å². The molecule has 0 saturated heterocycles. The normalized spacial score (nSPS) is 10.5. The summed E-state index contributed by atoms with van der Waals surface area (Å²) in [6.07, 6.45) is 3.59. The molecule has 0 bridgehead atoms. The minimum Gasteiger partial charge on any atom is -0.324 e. The second-order valence-electron chi connectivity index (χ2n) is 2.61. The molecule has 6 nitrogen and oxygen atoms in total. The first-order chi connectivity index (χ1) is 6.38. The van der Waals surface area contributed by atoms with Crippen LogP contribution in [0.2, 0.25) is 0 Å². The Labute approximate surface area is 74.8 Å². The van der Waals surface area contributed by atoms with Gasteiger partial charge in [-0.3, -0.25) is 9.78 Å². The molecule has 0 aliphatic carbocycles. The molecule has 0 fully saturated rings. The molecule has 2 rings (SSSR count). The van der Waals surface area contributed by atoms with Gasteiger partial charge in [0.15, 0.2) is 5.82 Å². The van der Waals surface area contributed by atoms with Crippen LogP contribution in [0.5, 0.6) is 0 Å². The maximum Gasteiger partial charge on any atom is 0.164 e. The zero-order valence-electron chi connectivity index (χ0n) is 7.01. The van der Waals surface area contributed by atoms with Crippen LogP contribution in [0.3, 0.4) is 0 Å². The monoisotopic (exact) mass is 178 g/mol. The highest BCUT2D eigenvalue weighted by Gasteiger charge is 2.01. The van der Waals surface area contributed by atoms with Gasteiger partial charge in [0.2, 0.25) is 0 Å². The van der Waals surface area contributed by atoms with Gasteiger partial charge >= 0.3 is 0 Å². The summed E-state index contributed by atoms with van der Waals surface area (Å²) in [5.74, 6) is 1.39. The van der Waals surface area contributed by atoms with Crippen molar-refractivity contribution in [1.29, 1.82) is 0 Å². The second kappa shape index (κ2) is 3.36. The van der Waals surface area contributed by atoms with E-state index < -0.39 is 0 Å². The van der Waals surface area contributed by atoms with Gasteiger partial charge in [-0.1, -0.05) is 0 Å². The molecule has 0 radical (unpaired) electrons. The summed E-state index contributed by atoms with van der Waals surface area (Å²) < 4.78 is 1.76. The van der Waals surface area contributed by atoms with Crippen LogP contribution in [-0.2, 0) is 13.1 Å². The fraction of sp³-hybridized carbons (Fsp3) is 0.286. The first kappa shape index (κ1) is 7.93. The van der Waals surface area contributed by atoms with E-state index in [-0.39, 0.29) is 0 Å². The third kappa shape index (κ3) is 1.73. The topological polar surface area (TPSA) is 85.4 Å². The van der Waals surface area contributed by atoms with Gasteiger partial charge in [-0.25, -0.2) is 4.98 Å². The predicted octanol–water partition coefficient (Wildman–Crippen LogP) is -0.492. The summed E-state index contributed by atoms with van der Waals surface area (Å²) in [5.41, 5.74) is 5.37. The molecule has 2 aromatic rings. The lowest BCUT2D eigenvalue weighted by molar-refractivity contribution is 0.657. The summed E-state index contributed by atoms with van der Waals surface area (Å²) >= 11 is 0. The molecule has 6 heteroatoms. The lowest BCUT2D eigenvalue weighted by atomic mass is 10.6. The average molecular weight is 178 g/mol. The van der Waals surface area contributed by atoms with E-state index >= 15 is 0 Å². The van der Waals surface area contributed by atoms with E-state index in [9.17, 15) is 0 Å². The standard InChI is InChI=1S/C7H10N6/c8-4-6-10-7(12-11-6)5-13-3-1-2-9-13/h1-3H,4-5,8H2,(H,10,11,12). The number of rotatable bonds is 3. The molecule has 3 N–H and O–H groups in total. The summed E-state index contributed by atoms with van der Waals surface area (Å²) in [7, 11) is 0. The van der Waals surface area contributed by atoms with Crippen molar-refractivity contribution in [3.63, 3.8) is 0 Å². The van der Waals surface area contributed by atoms with Gasteiger partial charge in [0.05, 0.1) is 6.54 Å². The Hall–Kier alpha value is -1.69. The fourth-order valence-electron chi connectivity index (χ4n) is 1.04. The maximum atomic E-state index is 5.37. The van der Waals surface area contributed by atoms with E-state index in [2.05, 4.69) is 20.3 Å². The first-order valence-electron chi connectivity index (χ1n) is 3.96. The van der Waals surface area contributed by atoms with Crippen molar-refractivity contribution in [3.8, 4) is 0 Å². The summed E-state index contributed by atoms with van der Waals surface area (Å²) in [6.45, 7) is 0.954. The number of aromatic nitrogens is 5. The molecule has 0 aliphatic heterocycles. The van der Waals surface area contributed by atoms with Gasteiger partial charge in [-0.15, -0.1) is 0 Å². The Morgan fingerprint density at radius 1 is 1.54 bits per heavy atom. The minimum atomic E-state index is 0.357. The molecule has 0 saturated carbocycles. The maximum absolute atomic E-state index is 5.37. The molecule has 2 aromatic heterocycles. The van der Waals surface area contributed by atoms with Crippen LogP contribution in [0.25, 0.3) is 0 Å². The molecular formula is C7H10N6. The Balaban J connectivity index is 2.10. The SMILES string of the molecule is NCc1n[nH]c(Cn2cccn2)n1. The van der Waals surface area contributed by atoms with Crippen molar-refractivity contribution >= 4 is 0 Å². The molecule has 0 aromatic carbocycles. The molecular weight excluding hydrogens is 168 g/mol. The predicted molar refractivity (Wildman–Crippen MR) is 45.6 cm³/mol. The Morgan fingerprint density at radius 3 is 3.08 bits per heavy atom. The van der Waals surface area contributed by atoms with Crippen LogP contribution in [0.4, 0.5) is 0 Å². The van der Waals surface area contributed by atoms with Gasteiger partial charge in [0, 0.05) is 12.4 Å². The van der Waals surface area contributed by atoms with Crippen molar-refractivity contribution in [2.75, 3.05) is 0 Å². The van der Waals surface area contributed by atoms with Crippen LogP contribution >= 0.6 is 0 Å². The van der Waals surface area contributed by atoms with Crippen molar-refractivity contribution in [2.24, 2.45) is 5.73 Å². The zero-order chi connectivity index (χ0) is 9.10. The Bertz CT molecular complexity index is 362. The van der Waals surface area contributed by atoms with Crippen LogP contribution in [0.1, 0.15) is 11.6 Å². The van der Waals surface area contributed by atoms with Crippen LogP contribution in [0, 0.1) is 0 Å². The molecule has 2 heterocycles. The number of aromatic amines is 1. The van der Waals surface area contributed by atoms with E-state index in [0.29, 0.717) is 18.9 Å². The van der Waals surface area contributed by atoms with E-state index in [4.69, 9.17) is 5.73 Å².